The number of para-hydroxylation sites is 1. The van der Waals surface area contributed by atoms with Gasteiger partial charge in [0.1, 0.15) is 0 Å². The standard InChI is InChI=1S/C18H23N3O.2ClH/c1-13-7-6-10-16(14(13)2)21-17-9-5-4-8-15(17)18(22)20-12-11-19-3;;/h4-10,19,21H,11-12H2,1-3H3,(H,20,22);2*1H. The van der Waals surface area contributed by atoms with Crippen LogP contribution in [0.2, 0.25) is 0 Å². The molecule has 0 heterocycles. The highest BCUT2D eigenvalue weighted by Crippen LogP contribution is 2.25. The number of benzene rings is 2. The monoisotopic (exact) mass is 369 g/mol. The molecule has 0 aliphatic carbocycles. The van der Waals surface area contributed by atoms with Crippen LogP contribution in [0.4, 0.5) is 11.4 Å². The molecule has 4 nitrogen and oxygen atoms in total. The van der Waals surface area contributed by atoms with Gasteiger partial charge in [-0.2, -0.15) is 0 Å². The van der Waals surface area contributed by atoms with Crippen molar-refractivity contribution in [3.05, 3.63) is 59.2 Å². The van der Waals surface area contributed by atoms with Gasteiger partial charge in [0.2, 0.25) is 0 Å². The molecule has 0 fully saturated rings. The Morgan fingerprint density at radius 1 is 0.917 bits per heavy atom. The molecule has 0 unspecified atom stereocenters. The summed E-state index contributed by atoms with van der Waals surface area (Å²) in [6, 6.07) is 13.7. The lowest BCUT2D eigenvalue weighted by Gasteiger charge is -2.15. The van der Waals surface area contributed by atoms with Crippen LogP contribution in [-0.2, 0) is 0 Å². The maximum Gasteiger partial charge on any atom is 0.253 e. The summed E-state index contributed by atoms with van der Waals surface area (Å²) in [7, 11) is 1.86. The van der Waals surface area contributed by atoms with Crippen molar-refractivity contribution in [2.75, 3.05) is 25.5 Å². The first-order valence-corrected chi connectivity index (χ1v) is 7.48. The molecule has 24 heavy (non-hydrogen) atoms. The second-order valence-corrected chi connectivity index (χ2v) is 5.28. The first-order chi connectivity index (χ1) is 10.6. The second kappa shape index (κ2) is 10.9. The van der Waals surface area contributed by atoms with Gasteiger partial charge < -0.3 is 16.0 Å². The summed E-state index contributed by atoms with van der Waals surface area (Å²) in [6.07, 6.45) is 0. The van der Waals surface area contributed by atoms with Crippen LogP contribution in [0.15, 0.2) is 42.5 Å². The van der Waals surface area contributed by atoms with Crippen molar-refractivity contribution in [2.45, 2.75) is 13.8 Å². The fourth-order valence-corrected chi connectivity index (χ4v) is 2.22. The molecular weight excluding hydrogens is 345 g/mol. The lowest BCUT2D eigenvalue weighted by atomic mass is 10.1. The number of halogens is 2. The first kappa shape index (κ1) is 22.2. The number of amides is 1. The van der Waals surface area contributed by atoms with Gasteiger partial charge in [-0.1, -0.05) is 24.3 Å². The number of aryl methyl sites for hydroxylation is 1. The van der Waals surface area contributed by atoms with Crippen molar-refractivity contribution in [1.29, 1.82) is 0 Å². The van der Waals surface area contributed by atoms with Crippen LogP contribution >= 0.6 is 24.8 Å². The molecule has 0 aromatic heterocycles. The molecule has 0 spiro atoms. The third-order valence-corrected chi connectivity index (χ3v) is 3.71. The maximum absolute atomic E-state index is 12.3. The highest BCUT2D eigenvalue weighted by Gasteiger charge is 2.11. The molecule has 3 N–H and O–H groups in total. The molecule has 0 aliphatic heterocycles. The minimum atomic E-state index is -0.0661. The van der Waals surface area contributed by atoms with Crippen molar-refractivity contribution in [3.8, 4) is 0 Å². The smallest absolute Gasteiger partial charge is 0.253 e. The molecule has 0 radical (unpaired) electrons. The molecule has 1 amide bonds. The van der Waals surface area contributed by atoms with Crippen LogP contribution in [0.3, 0.4) is 0 Å². The average Bonchev–Trinajstić information content (AvgIpc) is 2.52. The number of rotatable bonds is 6. The topological polar surface area (TPSA) is 53.2 Å². The summed E-state index contributed by atoms with van der Waals surface area (Å²) in [6.45, 7) is 5.51. The number of nitrogens with one attached hydrogen (secondary N) is 3. The van der Waals surface area contributed by atoms with E-state index in [1.54, 1.807) is 0 Å². The van der Waals surface area contributed by atoms with E-state index in [0.29, 0.717) is 12.1 Å². The molecule has 0 saturated heterocycles. The van der Waals surface area contributed by atoms with Gasteiger partial charge >= 0.3 is 0 Å². The van der Waals surface area contributed by atoms with E-state index in [4.69, 9.17) is 0 Å². The summed E-state index contributed by atoms with van der Waals surface area (Å²) < 4.78 is 0. The Morgan fingerprint density at radius 3 is 2.29 bits per heavy atom. The van der Waals surface area contributed by atoms with E-state index in [1.807, 2.05) is 43.4 Å². The van der Waals surface area contributed by atoms with E-state index >= 15 is 0 Å². The van der Waals surface area contributed by atoms with E-state index in [1.165, 1.54) is 11.1 Å². The van der Waals surface area contributed by atoms with Gasteiger partial charge in [0.25, 0.3) is 5.91 Å². The molecule has 132 valence electrons. The van der Waals surface area contributed by atoms with Crippen LogP contribution in [-0.4, -0.2) is 26.0 Å². The van der Waals surface area contributed by atoms with E-state index in [-0.39, 0.29) is 30.7 Å². The molecular formula is C18H25Cl2N3O. The van der Waals surface area contributed by atoms with Crippen molar-refractivity contribution in [1.82, 2.24) is 10.6 Å². The lowest BCUT2D eigenvalue weighted by molar-refractivity contribution is 0.0955. The molecule has 2 aromatic rings. The van der Waals surface area contributed by atoms with Gasteiger partial charge in [0.05, 0.1) is 11.3 Å². The number of carbonyl (C=O) groups excluding carboxylic acids is 1. The van der Waals surface area contributed by atoms with Crippen LogP contribution in [0, 0.1) is 13.8 Å². The quantitative estimate of drug-likeness (QED) is 0.678. The molecule has 0 atom stereocenters. The Balaban J connectivity index is 0.00000264. The fraction of sp³-hybridized carbons (Fsp3) is 0.278. The zero-order chi connectivity index (χ0) is 15.9. The number of likely N-dealkylation sites (N-methyl/N-ethyl adjacent to an activating group) is 1. The third-order valence-electron chi connectivity index (χ3n) is 3.71. The Hall–Kier alpha value is -1.75. The number of anilines is 2. The van der Waals surface area contributed by atoms with Gasteiger partial charge in [0.15, 0.2) is 0 Å². The van der Waals surface area contributed by atoms with Crippen molar-refractivity contribution < 1.29 is 4.79 Å². The third kappa shape index (κ3) is 5.71. The number of hydrogen-bond donors (Lipinski definition) is 3. The normalized spacial score (nSPS) is 9.46. The van der Waals surface area contributed by atoms with Gasteiger partial charge in [0, 0.05) is 18.8 Å². The Labute approximate surface area is 156 Å². The summed E-state index contributed by atoms with van der Waals surface area (Å²) in [5.74, 6) is -0.0661. The lowest BCUT2D eigenvalue weighted by Crippen LogP contribution is -2.30. The van der Waals surface area contributed by atoms with Gasteiger partial charge in [-0.05, 0) is 50.2 Å². The molecule has 0 bridgehead atoms. The van der Waals surface area contributed by atoms with E-state index in [9.17, 15) is 4.79 Å². The maximum atomic E-state index is 12.3. The largest absolute Gasteiger partial charge is 0.355 e. The zero-order valence-corrected chi connectivity index (χ0v) is 15.8. The first-order valence-electron chi connectivity index (χ1n) is 7.48. The summed E-state index contributed by atoms with van der Waals surface area (Å²) in [5.41, 5.74) is 4.90. The minimum absolute atomic E-state index is 0. The van der Waals surface area contributed by atoms with Gasteiger partial charge in [-0.25, -0.2) is 0 Å². The predicted octanol–water partition coefficient (Wildman–Crippen LogP) is 3.84. The van der Waals surface area contributed by atoms with Gasteiger partial charge in [-0.15, -0.1) is 24.8 Å². The minimum Gasteiger partial charge on any atom is -0.355 e. The second-order valence-electron chi connectivity index (χ2n) is 5.28. The van der Waals surface area contributed by atoms with Crippen molar-refractivity contribution in [2.24, 2.45) is 0 Å². The van der Waals surface area contributed by atoms with Crippen LogP contribution in [0.1, 0.15) is 21.5 Å². The molecule has 0 saturated carbocycles. The molecule has 6 heteroatoms. The van der Waals surface area contributed by atoms with Crippen LogP contribution in [0.25, 0.3) is 0 Å². The van der Waals surface area contributed by atoms with E-state index < -0.39 is 0 Å². The summed E-state index contributed by atoms with van der Waals surface area (Å²) in [5, 5.41) is 9.30. The summed E-state index contributed by atoms with van der Waals surface area (Å²) in [4.78, 5) is 12.3. The number of carbonyl (C=O) groups is 1. The van der Waals surface area contributed by atoms with Crippen molar-refractivity contribution >= 4 is 42.1 Å². The Bertz CT molecular complexity index is 662. The molecule has 2 rings (SSSR count). The average molecular weight is 370 g/mol. The Kier molecular flexibility index (Phi) is 10.1. The van der Waals surface area contributed by atoms with Crippen molar-refractivity contribution in [3.63, 3.8) is 0 Å². The van der Waals surface area contributed by atoms with Gasteiger partial charge in [-0.3, -0.25) is 4.79 Å². The zero-order valence-electron chi connectivity index (χ0n) is 14.2. The van der Waals surface area contributed by atoms with Crippen LogP contribution in [0.5, 0.6) is 0 Å². The van der Waals surface area contributed by atoms with E-state index in [2.05, 4.69) is 35.9 Å². The SMILES string of the molecule is CNCCNC(=O)c1ccccc1Nc1cccc(C)c1C.Cl.Cl. The summed E-state index contributed by atoms with van der Waals surface area (Å²) >= 11 is 0. The fourth-order valence-electron chi connectivity index (χ4n) is 2.22. The Morgan fingerprint density at radius 2 is 1.58 bits per heavy atom. The highest BCUT2D eigenvalue weighted by atomic mass is 35.5. The predicted molar refractivity (Wildman–Crippen MR) is 106 cm³/mol. The highest BCUT2D eigenvalue weighted by molar-refractivity contribution is 6.00. The number of hydrogen-bond acceptors (Lipinski definition) is 3. The van der Waals surface area contributed by atoms with Crippen LogP contribution < -0.4 is 16.0 Å². The van der Waals surface area contributed by atoms with E-state index in [0.717, 1.165) is 17.9 Å². The molecule has 0 aliphatic rings. The molecule has 2 aromatic carbocycles.